The Hall–Kier alpha value is -3.24. The minimum absolute atomic E-state index is 0.712. The van der Waals surface area contributed by atoms with Crippen LogP contribution in [0.5, 0.6) is 0 Å². The standard InChI is InChI=1S/C22H13N3S/c1-3-8-18-14(6-1)16-10-11-17-15-7-2-4-9-19(15)26-21(17)20(16)25(18)22-23-12-5-13-24-22/h1-13H. The van der Waals surface area contributed by atoms with E-state index in [9.17, 15) is 0 Å². The number of hydrogen-bond donors (Lipinski definition) is 0. The first-order valence-corrected chi connectivity index (χ1v) is 9.34. The van der Waals surface area contributed by atoms with Gasteiger partial charge < -0.3 is 0 Å². The molecule has 6 rings (SSSR count). The first-order chi connectivity index (χ1) is 12.9. The van der Waals surface area contributed by atoms with E-state index in [0.717, 1.165) is 5.52 Å². The van der Waals surface area contributed by atoms with E-state index in [4.69, 9.17) is 0 Å². The van der Waals surface area contributed by atoms with E-state index in [1.54, 1.807) is 12.4 Å². The molecule has 3 heterocycles. The maximum absolute atomic E-state index is 4.54. The van der Waals surface area contributed by atoms with Crippen molar-refractivity contribution in [2.24, 2.45) is 0 Å². The third-order valence-corrected chi connectivity index (χ3v) is 6.12. The van der Waals surface area contributed by atoms with E-state index >= 15 is 0 Å². The third-order valence-electron chi connectivity index (χ3n) is 4.93. The fourth-order valence-corrected chi connectivity index (χ4v) is 5.09. The summed E-state index contributed by atoms with van der Waals surface area (Å²) in [6.07, 6.45) is 3.60. The zero-order valence-electron chi connectivity index (χ0n) is 13.8. The van der Waals surface area contributed by atoms with Gasteiger partial charge in [0.15, 0.2) is 0 Å². The predicted octanol–water partition coefficient (Wildman–Crippen LogP) is 5.94. The topological polar surface area (TPSA) is 30.7 Å². The minimum atomic E-state index is 0.712. The largest absolute Gasteiger partial charge is 0.276 e. The second-order valence-electron chi connectivity index (χ2n) is 6.34. The van der Waals surface area contributed by atoms with Crippen molar-refractivity contribution < 1.29 is 0 Å². The predicted molar refractivity (Wildman–Crippen MR) is 109 cm³/mol. The number of rotatable bonds is 1. The lowest BCUT2D eigenvalue weighted by molar-refractivity contribution is 0.991. The minimum Gasteiger partial charge on any atom is -0.276 e. The molecule has 0 spiro atoms. The fourth-order valence-electron chi connectivity index (χ4n) is 3.85. The molecule has 6 aromatic rings. The molecule has 0 N–H and O–H groups in total. The Kier molecular flexibility index (Phi) is 2.76. The van der Waals surface area contributed by atoms with Crippen molar-refractivity contribution in [1.29, 1.82) is 0 Å². The molecular formula is C22H13N3S. The molecule has 0 aliphatic carbocycles. The number of thiophene rings is 1. The molecule has 0 aliphatic heterocycles. The lowest BCUT2D eigenvalue weighted by Gasteiger charge is -2.05. The first kappa shape index (κ1) is 14.0. The van der Waals surface area contributed by atoms with Gasteiger partial charge in [0.1, 0.15) is 0 Å². The molecule has 3 aromatic carbocycles. The second-order valence-corrected chi connectivity index (χ2v) is 7.39. The van der Waals surface area contributed by atoms with E-state index < -0.39 is 0 Å². The summed E-state index contributed by atoms with van der Waals surface area (Å²) in [6, 6.07) is 23.4. The maximum Gasteiger partial charge on any atom is 0.234 e. The van der Waals surface area contributed by atoms with Gasteiger partial charge in [-0.3, -0.25) is 4.57 Å². The SMILES string of the molecule is c1cnc(-n2c3ccccc3c3ccc4c5ccccc5sc4c32)nc1. The van der Waals surface area contributed by atoms with Crippen LogP contribution >= 0.6 is 11.3 Å². The number of nitrogens with zero attached hydrogens (tertiary/aromatic N) is 3. The van der Waals surface area contributed by atoms with Gasteiger partial charge >= 0.3 is 0 Å². The smallest absolute Gasteiger partial charge is 0.234 e. The Morgan fingerprint density at radius 3 is 2.27 bits per heavy atom. The normalized spacial score (nSPS) is 11.8. The lowest BCUT2D eigenvalue weighted by atomic mass is 10.1. The molecule has 0 radical (unpaired) electrons. The summed E-state index contributed by atoms with van der Waals surface area (Å²) in [4.78, 5) is 9.08. The molecule has 0 saturated carbocycles. The van der Waals surface area contributed by atoms with Gasteiger partial charge in [-0.1, -0.05) is 48.5 Å². The summed E-state index contributed by atoms with van der Waals surface area (Å²) in [5.41, 5.74) is 2.33. The Bertz CT molecular complexity index is 1430. The van der Waals surface area contributed by atoms with Gasteiger partial charge in [-0.15, -0.1) is 11.3 Å². The molecule has 3 aromatic heterocycles. The molecule has 0 aliphatic rings. The van der Waals surface area contributed by atoms with Crippen LogP contribution in [0, 0.1) is 0 Å². The summed E-state index contributed by atoms with van der Waals surface area (Å²) in [6.45, 7) is 0. The summed E-state index contributed by atoms with van der Waals surface area (Å²) >= 11 is 1.84. The molecular weight excluding hydrogens is 338 g/mol. The van der Waals surface area contributed by atoms with Crippen LogP contribution in [0.3, 0.4) is 0 Å². The van der Waals surface area contributed by atoms with Crippen LogP contribution in [-0.2, 0) is 0 Å². The fraction of sp³-hybridized carbons (Fsp3) is 0. The van der Waals surface area contributed by atoms with Gasteiger partial charge in [-0.05, 0) is 18.2 Å². The quantitative estimate of drug-likeness (QED) is 0.367. The highest BCUT2D eigenvalue weighted by molar-refractivity contribution is 7.26. The number of aromatic nitrogens is 3. The highest BCUT2D eigenvalue weighted by atomic mass is 32.1. The number of benzene rings is 3. The molecule has 26 heavy (non-hydrogen) atoms. The molecule has 0 saturated heterocycles. The zero-order valence-corrected chi connectivity index (χ0v) is 14.6. The summed E-state index contributed by atoms with van der Waals surface area (Å²) < 4.78 is 4.79. The van der Waals surface area contributed by atoms with Crippen LogP contribution in [0.4, 0.5) is 0 Å². The lowest BCUT2D eigenvalue weighted by Crippen LogP contribution is -1.99. The molecule has 0 amide bonds. The summed E-state index contributed by atoms with van der Waals surface area (Å²) in [7, 11) is 0. The van der Waals surface area contributed by atoms with Gasteiger partial charge in [0, 0.05) is 38.6 Å². The van der Waals surface area contributed by atoms with Crippen LogP contribution in [0.1, 0.15) is 0 Å². The van der Waals surface area contributed by atoms with Crippen molar-refractivity contribution in [3.63, 3.8) is 0 Å². The Labute approximate surface area is 153 Å². The van der Waals surface area contributed by atoms with E-state index in [-0.39, 0.29) is 0 Å². The van der Waals surface area contributed by atoms with Crippen molar-refractivity contribution in [2.75, 3.05) is 0 Å². The van der Waals surface area contributed by atoms with Crippen molar-refractivity contribution in [1.82, 2.24) is 14.5 Å². The highest BCUT2D eigenvalue weighted by Crippen LogP contribution is 2.42. The van der Waals surface area contributed by atoms with E-state index in [0.29, 0.717) is 5.95 Å². The average Bonchev–Trinajstić information content (AvgIpc) is 3.24. The zero-order chi connectivity index (χ0) is 17.1. The molecule has 0 unspecified atom stereocenters. The van der Waals surface area contributed by atoms with Crippen LogP contribution in [0.2, 0.25) is 0 Å². The second kappa shape index (κ2) is 5.13. The van der Waals surface area contributed by atoms with Crippen LogP contribution in [-0.4, -0.2) is 14.5 Å². The Morgan fingerprint density at radius 2 is 1.38 bits per heavy atom. The third kappa shape index (κ3) is 1.77. The van der Waals surface area contributed by atoms with Crippen molar-refractivity contribution >= 4 is 53.3 Å². The van der Waals surface area contributed by atoms with Gasteiger partial charge in [-0.25, -0.2) is 9.97 Å². The van der Waals surface area contributed by atoms with Crippen LogP contribution in [0.25, 0.3) is 47.9 Å². The highest BCUT2D eigenvalue weighted by Gasteiger charge is 2.18. The number of hydrogen-bond acceptors (Lipinski definition) is 3. The van der Waals surface area contributed by atoms with Crippen LogP contribution < -0.4 is 0 Å². The first-order valence-electron chi connectivity index (χ1n) is 8.52. The summed E-state index contributed by atoms with van der Waals surface area (Å²) in [5.74, 6) is 0.712. The van der Waals surface area contributed by atoms with Gasteiger partial charge in [0.2, 0.25) is 5.95 Å². The van der Waals surface area contributed by atoms with E-state index in [2.05, 4.69) is 75.2 Å². The molecule has 122 valence electrons. The molecule has 0 bridgehead atoms. The molecule has 0 fully saturated rings. The van der Waals surface area contributed by atoms with Crippen molar-refractivity contribution in [3.05, 3.63) is 79.1 Å². The summed E-state index contributed by atoms with van der Waals surface area (Å²) in [5, 5.41) is 5.07. The average molecular weight is 351 g/mol. The van der Waals surface area contributed by atoms with Gasteiger partial charge in [0.05, 0.1) is 15.7 Å². The van der Waals surface area contributed by atoms with E-state index in [1.165, 1.54) is 36.5 Å². The van der Waals surface area contributed by atoms with Crippen LogP contribution in [0.15, 0.2) is 79.1 Å². The maximum atomic E-state index is 4.54. The van der Waals surface area contributed by atoms with Crippen molar-refractivity contribution in [3.8, 4) is 5.95 Å². The van der Waals surface area contributed by atoms with Gasteiger partial charge in [0.25, 0.3) is 0 Å². The Morgan fingerprint density at radius 1 is 0.654 bits per heavy atom. The number of fused-ring (bicyclic) bond motifs is 7. The molecule has 3 nitrogen and oxygen atoms in total. The van der Waals surface area contributed by atoms with Gasteiger partial charge in [-0.2, -0.15) is 0 Å². The molecule has 0 atom stereocenters. The Balaban J connectivity index is 1.92. The van der Waals surface area contributed by atoms with E-state index in [1.807, 2.05) is 17.4 Å². The van der Waals surface area contributed by atoms with Crippen molar-refractivity contribution in [2.45, 2.75) is 0 Å². The molecule has 4 heteroatoms. The monoisotopic (exact) mass is 351 g/mol. The number of para-hydroxylation sites is 1.